The smallest absolute Gasteiger partial charge is 0.310 e. The average Bonchev–Trinajstić information content (AvgIpc) is 3.72. The molecule has 0 spiro atoms. The quantitative estimate of drug-likeness (QED) is 0.0880. The number of benzene rings is 1. The number of amides is 1. The summed E-state index contributed by atoms with van der Waals surface area (Å²) in [6, 6.07) is 4.62. The molecule has 2 N–H and O–H groups in total. The van der Waals surface area contributed by atoms with Crippen molar-refractivity contribution in [1.29, 1.82) is 0 Å². The summed E-state index contributed by atoms with van der Waals surface area (Å²) in [6.45, 7) is 16.5. The maximum absolute atomic E-state index is 14.9. The third-order valence-electron chi connectivity index (χ3n) is 14.0. The van der Waals surface area contributed by atoms with Gasteiger partial charge in [-0.15, -0.1) is 17.9 Å². The number of nitrogens with zero attached hydrogens (tertiary/aromatic N) is 4. The van der Waals surface area contributed by atoms with E-state index in [0.717, 1.165) is 37.5 Å². The first-order chi connectivity index (χ1) is 30.5. The van der Waals surface area contributed by atoms with E-state index in [1.54, 1.807) is 25.3 Å². The van der Waals surface area contributed by atoms with Crippen LogP contribution in [0.5, 0.6) is 11.5 Å². The minimum absolute atomic E-state index is 0.0292. The van der Waals surface area contributed by atoms with Gasteiger partial charge in [-0.05, 0) is 81.3 Å². The lowest BCUT2D eigenvalue weighted by atomic mass is 9.77. The number of carboxylic acid groups (broad SMARTS) is 1. The van der Waals surface area contributed by atoms with Gasteiger partial charge in [-0.2, -0.15) is 0 Å². The predicted molar refractivity (Wildman–Crippen MR) is 245 cm³/mol. The van der Waals surface area contributed by atoms with E-state index in [1.165, 1.54) is 22.7 Å². The van der Waals surface area contributed by atoms with Gasteiger partial charge in [0.2, 0.25) is 5.91 Å². The van der Waals surface area contributed by atoms with Gasteiger partial charge < -0.3 is 34.3 Å². The van der Waals surface area contributed by atoms with E-state index >= 15 is 0 Å². The van der Waals surface area contributed by atoms with Crippen molar-refractivity contribution < 1.29 is 43.2 Å². The number of carbonyl (C=O) groups is 4. The molecule has 3 saturated carbocycles. The molecule has 16 heteroatoms. The number of halogens is 1. The van der Waals surface area contributed by atoms with Crippen LogP contribution in [0.2, 0.25) is 5.02 Å². The van der Waals surface area contributed by atoms with Gasteiger partial charge in [-0.25, -0.2) is 9.97 Å². The number of hydrogen-bond acceptors (Lipinski definition) is 13. The maximum Gasteiger partial charge on any atom is 0.310 e. The number of pyridine rings is 1. The van der Waals surface area contributed by atoms with Gasteiger partial charge in [0.25, 0.3) is 0 Å². The average molecular weight is 921 g/mol. The summed E-state index contributed by atoms with van der Waals surface area (Å²) in [4.78, 5) is 69.0. The largest absolute Gasteiger partial charge is 0.491 e. The summed E-state index contributed by atoms with van der Waals surface area (Å²) in [5.41, 5.74) is -0.385. The molecule has 14 nitrogen and oxygen atoms in total. The van der Waals surface area contributed by atoms with E-state index in [9.17, 15) is 24.3 Å². The van der Waals surface area contributed by atoms with Crippen LogP contribution in [0.25, 0.3) is 22.3 Å². The zero-order valence-corrected chi connectivity index (χ0v) is 39.3. The van der Waals surface area contributed by atoms with Crippen molar-refractivity contribution in [2.24, 2.45) is 34.5 Å². The number of ether oxygens (including phenoxy) is 4. The molecule has 8 rings (SSSR count). The standard InChI is InChI=1S/C48H62ClN5O9S/c1-8-29-21-48(29,45(58)59)22-38(55)37-18-32(24-54(37)44(57)34(47(4,5)6)19-41(56)63-31-16-27-15-28(27)17-31)62-40-20-35(36-25-64-46(52-36)50-26(2)3)51-43-33(40)9-10-39(42(43)49)61-14-13-53-12-11-30(23-53)60-7/h8-10,20,25-32,34,37H,1,11-19,21-24H2,2-7H3,(H,50,52)(H,58,59)/t27-,28+,29-,30-,31?,32-,34-,37+,48-/m1/s1. The normalized spacial score (nSPS) is 27.9. The van der Waals surface area contributed by atoms with E-state index in [2.05, 4.69) is 16.8 Å². The lowest BCUT2D eigenvalue weighted by molar-refractivity contribution is -0.157. The van der Waals surface area contributed by atoms with Crippen molar-refractivity contribution in [3.63, 3.8) is 0 Å². The molecule has 2 aromatic heterocycles. The third kappa shape index (κ3) is 9.92. The number of carboxylic acids is 1. The Morgan fingerprint density at radius 2 is 1.81 bits per heavy atom. The minimum atomic E-state index is -1.27. The van der Waals surface area contributed by atoms with Gasteiger partial charge in [-0.3, -0.25) is 24.1 Å². The Hall–Kier alpha value is -4.31. The molecule has 2 saturated heterocycles. The number of ketones is 1. The number of fused-ring (bicyclic) bond motifs is 2. The second kappa shape index (κ2) is 18.5. The van der Waals surface area contributed by atoms with E-state index in [4.69, 9.17) is 40.5 Å². The molecule has 2 aliphatic heterocycles. The lowest BCUT2D eigenvalue weighted by Crippen LogP contribution is -2.48. The van der Waals surface area contributed by atoms with Crippen molar-refractivity contribution in [3.05, 3.63) is 41.3 Å². The van der Waals surface area contributed by atoms with Gasteiger partial charge in [0.05, 0.1) is 47.7 Å². The van der Waals surface area contributed by atoms with Gasteiger partial charge in [0.15, 0.2) is 10.9 Å². The van der Waals surface area contributed by atoms with Crippen molar-refractivity contribution in [2.75, 3.05) is 45.2 Å². The Labute approximate surface area is 384 Å². The summed E-state index contributed by atoms with van der Waals surface area (Å²) in [5, 5.41) is 17.2. The predicted octanol–water partition coefficient (Wildman–Crippen LogP) is 7.91. The molecule has 1 amide bonds. The zero-order chi connectivity index (χ0) is 45.7. The van der Waals surface area contributed by atoms with Crippen LogP contribution in [0.3, 0.4) is 0 Å². The fourth-order valence-electron chi connectivity index (χ4n) is 10.1. The van der Waals surface area contributed by atoms with Crippen LogP contribution < -0.4 is 14.8 Å². The van der Waals surface area contributed by atoms with E-state index in [-0.39, 0.29) is 61.7 Å². The maximum atomic E-state index is 14.9. The second-order valence-corrected chi connectivity index (χ2v) is 21.2. The molecular formula is C48H62ClN5O9S. The van der Waals surface area contributed by atoms with Gasteiger partial charge in [0.1, 0.15) is 41.0 Å². The van der Waals surface area contributed by atoms with E-state index in [1.807, 2.05) is 46.1 Å². The molecule has 64 heavy (non-hydrogen) atoms. The van der Waals surface area contributed by atoms with Gasteiger partial charge >= 0.3 is 11.9 Å². The summed E-state index contributed by atoms with van der Waals surface area (Å²) < 4.78 is 24.5. The van der Waals surface area contributed by atoms with Crippen LogP contribution in [0.4, 0.5) is 5.13 Å². The minimum Gasteiger partial charge on any atom is -0.491 e. The highest BCUT2D eigenvalue weighted by atomic mass is 35.5. The molecule has 1 unspecified atom stereocenters. The number of hydrogen-bond donors (Lipinski definition) is 2. The van der Waals surface area contributed by atoms with Crippen molar-refractivity contribution in [1.82, 2.24) is 19.8 Å². The third-order valence-corrected chi connectivity index (χ3v) is 15.1. The summed E-state index contributed by atoms with van der Waals surface area (Å²) in [7, 11) is 1.73. The number of thiazole rings is 1. The van der Waals surface area contributed by atoms with Crippen molar-refractivity contribution in [2.45, 2.75) is 116 Å². The number of Topliss-reactive ketones (excluding diaryl/α,β-unsaturated/α-hetero) is 1. The molecule has 5 aliphatic rings. The first kappa shape index (κ1) is 46.2. The summed E-state index contributed by atoms with van der Waals surface area (Å²) >= 11 is 8.59. The number of carbonyl (C=O) groups excluding carboxylic acids is 3. The molecule has 0 radical (unpaired) electrons. The summed E-state index contributed by atoms with van der Waals surface area (Å²) in [6.07, 6.45) is 4.88. The Morgan fingerprint density at radius 3 is 2.47 bits per heavy atom. The number of aromatic nitrogens is 2. The Bertz CT molecular complexity index is 2270. The zero-order valence-electron chi connectivity index (χ0n) is 37.8. The fourth-order valence-corrected chi connectivity index (χ4v) is 11.2. The molecule has 3 aliphatic carbocycles. The monoisotopic (exact) mass is 919 g/mol. The SMILES string of the molecule is C=C[C@@H]1C[C@]1(CC(=O)[C@@H]1C[C@@H](Oc2cc(-c3csc(NC(C)C)n3)nc3c(Cl)c(OCCN4CC[C@@H](OC)C4)ccc23)CN1C(=O)[C@@H](CC(=O)OC1C[C@@H]2C[C@@H]2C1)C(C)(C)C)C(=O)O. The number of aliphatic carboxylic acids is 1. The van der Waals surface area contributed by atoms with E-state index in [0.29, 0.717) is 70.2 Å². The topological polar surface area (TPSA) is 170 Å². The first-order valence-corrected chi connectivity index (χ1v) is 24.0. The fraction of sp³-hybridized carbons (Fsp3) is 0.625. The number of esters is 1. The van der Waals surface area contributed by atoms with Crippen LogP contribution in [0.1, 0.15) is 86.0 Å². The van der Waals surface area contributed by atoms with Crippen molar-refractivity contribution >= 4 is 62.6 Å². The van der Waals surface area contributed by atoms with Crippen molar-refractivity contribution in [3.8, 4) is 22.9 Å². The van der Waals surface area contributed by atoms with Gasteiger partial charge in [0, 0.05) is 62.5 Å². The molecular weight excluding hydrogens is 858 g/mol. The molecule has 9 atom stereocenters. The Morgan fingerprint density at radius 1 is 1.05 bits per heavy atom. The highest BCUT2D eigenvalue weighted by Crippen LogP contribution is 2.57. The number of nitrogens with one attached hydrogen (secondary N) is 1. The van der Waals surface area contributed by atoms with Crippen LogP contribution in [0.15, 0.2) is 36.2 Å². The Kier molecular flexibility index (Phi) is 13.4. The lowest BCUT2D eigenvalue weighted by Gasteiger charge is -2.35. The highest BCUT2D eigenvalue weighted by molar-refractivity contribution is 7.14. The summed E-state index contributed by atoms with van der Waals surface area (Å²) in [5.74, 6) is -1.23. The molecule has 0 bridgehead atoms. The van der Waals surface area contributed by atoms with Crippen LogP contribution >= 0.6 is 22.9 Å². The second-order valence-electron chi connectivity index (χ2n) is 20.0. The number of anilines is 1. The molecule has 346 valence electrons. The number of methoxy groups -OCH3 is 1. The Balaban J connectivity index is 1.09. The van der Waals surface area contributed by atoms with Crippen LogP contribution in [-0.2, 0) is 28.7 Å². The number of allylic oxidation sites excluding steroid dienone is 1. The molecule has 3 aromatic rings. The number of likely N-dealkylation sites (tertiary alicyclic amines) is 2. The van der Waals surface area contributed by atoms with Gasteiger partial charge in [-0.1, -0.05) is 38.4 Å². The van der Waals surface area contributed by atoms with Crippen LogP contribution in [-0.4, -0.2) is 119 Å². The first-order valence-electron chi connectivity index (χ1n) is 22.7. The number of rotatable bonds is 19. The van der Waals surface area contributed by atoms with E-state index < -0.39 is 40.8 Å². The molecule has 4 heterocycles. The van der Waals surface area contributed by atoms with Crippen LogP contribution in [0, 0.1) is 34.5 Å². The molecule has 5 fully saturated rings. The molecule has 1 aromatic carbocycles. The highest BCUT2D eigenvalue weighted by Gasteiger charge is 2.61.